The van der Waals surface area contributed by atoms with Crippen LogP contribution in [-0.2, 0) is 9.59 Å². The highest BCUT2D eigenvalue weighted by Gasteiger charge is 2.62. The number of methoxy groups -OCH3 is 1. The van der Waals surface area contributed by atoms with Crippen molar-refractivity contribution in [3.63, 3.8) is 0 Å². The van der Waals surface area contributed by atoms with Crippen molar-refractivity contribution in [1.82, 2.24) is 10.0 Å². The lowest BCUT2D eigenvalue weighted by Crippen LogP contribution is -2.44. The molecule has 0 spiro atoms. The van der Waals surface area contributed by atoms with E-state index in [1.807, 2.05) is 24.3 Å². The first-order valence-electron chi connectivity index (χ1n) is 9.40. The van der Waals surface area contributed by atoms with Gasteiger partial charge in [-0.3, -0.25) is 9.59 Å². The molecule has 3 atom stereocenters. The summed E-state index contributed by atoms with van der Waals surface area (Å²) in [6.45, 7) is 1.65. The van der Waals surface area contributed by atoms with Crippen molar-refractivity contribution in [3.8, 4) is 5.75 Å². The van der Waals surface area contributed by atoms with Crippen LogP contribution in [0.5, 0.6) is 5.75 Å². The van der Waals surface area contributed by atoms with Crippen molar-refractivity contribution in [3.05, 3.63) is 59.1 Å². The standard InChI is InChI=1S/C21H20ClN3O3/c1-28-16-9-3-13(4-10-16)18-17-19(24-12-2-11-23(18)24)21(27)25(20(17)26)15-7-5-14(22)6-8-15/h3-10,17-19H,2,11-12H2,1H3/t17-,18-,19-/m0/s1. The average molecular weight is 398 g/mol. The first kappa shape index (κ1) is 17.7. The number of rotatable bonds is 3. The molecule has 0 aromatic heterocycles. The molecule has 2 amide bonds. The number of carbonyl (C=O) groups excluding carboxylic acids is 2. The predicted molar refractivity (Wildman–Crippen MR) is 105 cm³/mol. The Hall–Kier alpha value is -2.41. The molecular formula is C21H20ClN3O3. The molecule has 0 aliphatic carbocycles. The number of carbonyl (C=O) groups is 2. The lowest BCUT2D eigenvalue weighted by molar-refractivity contribution is -0.126. The minimum atomic E-state index is -0.447. The molecule has 0 unspecified atom stereocenters. The predicted octanol–water partition coefficient (Wildman–Crippen LogP) is 2.88. The van der Waals surface area contributed by atoms with Gasteiger partial charge in [0.05, 0.1) is 24.8 Å². The van der Waals surface area contributed by atoms with Crippen molar-refractivity contribution >= 4 is 29.1 Å². The molecule has 2 aromatic carbocycles. The second-order valence-corrected chi connectivity index (χ2v) is 7.79. The lowest BCUT2D eigenvalue weighted by Gasteiger charge is -2.29. The molecule has 0 radical (unpaired) electrons. The number of nitrogens with zero attached hydrogens (tertiary/aromatic N) is 3. The van der Waals surface area contributed by atoms with Crippen LogP contribution < -0.4 is 9.64 Å². The second-order valence-electron chi connectivity index (χ2n) is 7.36. The van der Waals surface area contributed by atoms with E-state index < -0.39 is 12.0 Å². The van der Waals surface area contributed by atoms with Gasteiger partial charge in [-0.25, -0.2) is 14.9 Å². The molecule has 6 nitrogen and oxygen atoms in total. The Morgan fingerprint density at radius 2 is 1.54 bits per heavy atom. The summed E-state index contributed by atoms with van der Waals surface area (Å²) < 4.78 is 5.26. The number of fused-ring (bicyclic) bond motifs is 3. The largest absolute Gasteiger partial charge is 0.497 e. The minimum absolute atomic E-state index is 0.146. The van der Waals surface area contributed by atoms with Gasteiger partial charge in [-0.2, -0.15) is 0 Å². The van der Waals surface area contributed by atoms with E-state index in [2.05, 4.69) is 10.0 Å². The van der Waals surface area contributed by atoms with Gasteiger partial charge in [0, 0.05) is 18.1 Å². The molecule has 144 valence electrons. The quantitative estimate of drug-likeness (QED) is 0.745. The molecule has 0 bridgehead atoms. The summed E-state index contributed by atoms with van der Waals surface area (Å²) in [6.07, 6.45) is 0.984. The molecule has 0 saturated carbocycles. The number of hydrogen-bond acceptors (Lipinski definition) is 5. The average Bonchev–Trinajstić information content (AvgIpc) is 3.35. The Kier molecular flexibility index (Phi) is 4.16. The van der Waals surface area contributed by atoms with Gasteiger partial charge in [0.2, 0.25) is 5.91 Å². The summed E-state index contributed by atoms with van der Waals surface area (Å²) >= 11 is 5.97. The molecule has 2 aromatic rings. The van der Waals surface area contributed by atoms with Crippen LogP contribution >= 0.6 is 11.6 Å². The Labute approximate surface area is 168 Å². The van der Waals surface area contributed by atoms with E-state index in [1.165, 1.54) is 4.90 Å². The van der Waals surface area contributed by atoms with Crippen molar-refractivity contribution < 1.29 is 14.3 Å². The highest BCUT2D eigenvalue weighted by molar-refractivity contribution is 6.31. The van der Waals surface area contributed by atoms with Crippen LogP contribution in [0.1, 0.15) is 18.0 Å². The first-order chi connectivity index (χ1) is 13.6. The summed E-state index contributed by atoms with van der Waals surface area (Å²) in [5.41, 5.74) is 1.60. The van der Waals surface area contributed by atoms with Crippen molar-refractivity contribution in [2.24, 2.45) is 5.92 Å². The van der Waals surface area contributed by atoms with Crippen LogP contribution in [0.2, 0.25) is 5.02 Å². The Morgan fingerprint density at radius 3 is 2.18 bits per heavy atom. The zero-order valence-electron chi connectivity index (χ0n) is 15.4. The monoisotopic (exact) mass is 397 g/mol. The summed E-state index contributed by atoms with van der Waals surface area (Å²) in [5, 5.41) is 4.87. The third kappa shape index (κ3) is 2.49. The van der Waals surface area contributed by atoms with E-state index >= 15 is 0 Å². The molecule has 7 heteroatoms. The van der Waals surface area contributed by atoms with Crippen LogP contribution in [0.15, 0.2) is 48.5 Å². The van der Waals surface area contributed by atoms with Gasteiger partial charge in [0.15, 0.2) is 0 Å². The SMILES string of the molecule is COc1ccc([C@H]2[C@@H]3C(=O)N(c4ccc(Cl)cc4)C(=O)[C@H]3N3CCCN23)cc1. The zero-order valence-corrected chi connectivity index (χ0v) is 16.2. The van der Waals surface area contributed by atoms with Crippen LogP contribution in [-0.4, -0.2) is 48.1 Å². The van der Waals surface area contributed by atoms with Crippen LogP contribution in [0.4, 0.5) is 5.69 Å². The van der Waals surface area contributed by atoms with E-state index in [-0.39, 0.29) is 17.9 Å². The van der Waals surface area contributed by atoms with Gasteiger partial charge in [-0.05, 0) is 48.4 Å². The number of amides is 2. The highest BCUT2D eigenvalue weighted by Crippen LogP contribution is 2.49. The molecule has 3 aliphatic heterocycles. The molecule has 3 saturated heterocycles. The van der Waals surface area contributed by atoms with E-state index in [9.17, 15) is 9.59 Å². The molecule has 5 rings (SSSR count). The molecule has 28 heavy (non-hydrogen) atoms. The molecule has 3 heterocycles. The molecule has 3 fully saturated rings. The normalized spacial score (nSPS) is 27.4. The Bertz CT molecular complexity index is 931. The van der Waals surface area contributed by atoms with Crippen molar-refractivity contribution in [2.45, 2.75) is 18.5 Å². The maximum absolute atomic E-state index is 13.4. The zero-order chi connectivity index (χ0) is 19.4. The highest BCUT2D eigenvalue weighted by atomic mass is 35.5. The minimum Gasteiger partial charge on any atom is -0.497 e. The number of ether oxygens (including phenoxy) is 1. The Morgan fingerprint density at radius 1 is 0.893 bits per heavy atom. The molecule has 3 aliphatic rings. The molecular weight excluding hydrogens is 378 g/mol. The number of hydrazine groups is 1. The summed E-state index contributed by atoms with van der Waals surface area (Å²) in [4.78, 5) is 28.0. The van der Waals surface area contributed by atoms with Crippen molar-refractivity contribution in [2.75, 3.05) is 25.1 Å². The maximum atomic E-state index is 13.4. The smallest absolute Gasteiger partial charge is 0.253 e. The van der Waals surface area contributed by atoms with Crippen LogP contribution in [0.25, 0.3) is 0 Å². The van der Waals surface area contributed by atoms with E-state index in [0.29, 0.717) is 10.7 Å². The number of benzene rings is 2. The lowest BCUT2D eigenvalue weighted by atomic mass is 9.90. The fraction of sp³-hybridized carbons (Fsp3) is 0.333. The van der Waals surface area contributed by atoms with Gasteiger partial charge in [-0.15, -0.1) is 0 Å². The topological polar surface area (TPSA) is 53.1 Å². The number of imide groups is 1. The second kappa shape index (κ2) is 6.58. The van der Waals surface area contributed by atoms with Gasteiger partial charge >= 0.3 is 0 Å². The molecule has 0 N–H and O–H groups in total. The van der Waals surface area contributed by atoms with E-state index in [1.54, 1.807) is 31.4 Å². The van der Waals surface area contributed by atoms with E-state index in [0.717, 1.165) is 30.8 Å². The fourth-order valence-electron chi connectivity index (χ4n) is 4.76. The summed E-state index contributed by atoms with van der Waals surface area (Å²) in [5.74, 6) is 0.0536. The van der Waals surface area contributed by atoms with Crippen LogP contribution in [0, 0.1) is 5.92 Å². The number of anilines is 1. The number of halogens is 1. The summed E-state index contributed by atoms with van der Waals surface area (Å²) in [6, 6.07) is 14.1. The Balaban J connectivity index is 1.55. The van der Waals surface area contributed by atoms with Crippen LogP contribution in [0.3, 0.4) is 0 Å². The third-order valence-corrected chi connectivity index (χ3v) is 6.20. The fourth-order valence-corrected chi connectivity index (χ4v) is 4.89. The third-order valence-electron chi connectivity index (χ3n) is 5.95. The first-order valence-corrected chi connectivity index (χ1v) is 9.78. The summed E-state index contributed by atoms with van der Waals surface area (Å²) in [7, 11) is 1.63. The van der Waals surface area contributed by atoms with Gasteiger partial charge in [-0.1, -0.05) is 23.7 Å². The van der Waals surface area contributed by atoms with Gasteiger partial charge < -0.3 is 4.74 Å². The van der Waals surface area contributed by atoms with Gasteiger partial charge in [0.1, 0.15) is 11.8 Å². The van der Waals surface area contributed by atoms with Gasteiger partial charge in [0.25, 0.3) is 5.91 Å². The number of hydrogen-bond donors (Lipinski definition) is 0. The van der Waals surface area contributed by atoms with E-state index in [4.69, 9.17) is 16.3 Å². The maximum Gasteiger partial charge on any atom is 0.253 e. The van der Waals surface area contributed by atoms with Crippen molar-refractivity contribution in [1.29, 1.82) is 0 Å².